The molecule has 0 aliphatic carbocycles. The molecule has 0 fully saturated rings. The van der Waals surface area contributed by atoms with Crippen LogP contribution >= 0.6 is 0 Å². The molecular formula is C50H88O6. The molecule has 0 saturated carbocycles. The van der Waals surface area contributed by atoms with Crippen molar-refractivity contribution in [2.24, 2.45) is 0 Å². The largest absolute Gasteiger partial charge is 0.462 e. The second-order valence-corrected chi connectivity index (χ2v) is 15.6. The molecule has 0 bridgehead atoms. The number of carbonyl (C=O) groups is 3. The Bertz CT molecular complexity index is 996. The fourth-order valence-electron chi connectivity index (χ4n) is 6.51. The zero-order valence-electron chi connectivity index (χ0n) is 36.9. The van der Waals surface area contributed by atoms with Crippen LogP contribution in [0.1, 0.15) is 233 Å². The maximum atomic E-state index is 12.7. The first-order chi connectivity index (χ1) is 27.5. The zero-order chi connectivity index (χ0) is 40.8. The highest BCUT2D eigenvalue weighted by atomic mass is 16.6. The molecule has 0 saturated heterocycles. The topological polar surface area (TPSA) is 78.9 Å². The molecular weight excluding hydrogens is 697 g/mol. The van der Waals surface area contributed by atoms with E-state index in [9.17, 15) is 14.4 Å². The van der Waals surface area contributed by atoms with Gasteiger partial charge in [0.15, 0.2) is 6.10 Å². The van der Waals surface area contributed by atoms with Crippen molar-refractivity contribution in [3.8, 4) is 0 Å². The van der Waals surface area contributed by atoms with E-state index in [1.807, 2.05) is 0 Å². The quantitative estimate of drug-likeness (QED) is 0.0265. The SMILES string of the molecule is CC/C=C\C/C=C\C/C=C\CCCCC(=O)OC(COC(=O)CCCCCCCCC/C=C\CCCCCC)COC(=O)CCCCCCCCCCCCC. The van der Waals surface area contributed by atoms with E-state index in [-0.39, 0.29) is 37.5 Å². The first-order valence-electron chi connectivity index (χ1n) is 23.6. The lowest BCUT2D eigenvalue weighted by atomic mass is 10.1. The summed E-state index contributed by atoms with van der Waals surface area (Å²) in [5.74, 6) is -0.932. The van der Waals surface area contributed by atoms with Gasteiger partial charge in [0.1, 0.15) is 13.2 Å². The van der Waals surface area contributed by atoms with E-state index < -0.39 is 6.10 Å². The van der Waals surface area contributed by atoms with Gasteiger partial charge in [-0.2, -0.15) is 0 Å². The van der Waals surface area contributed by atoms with E-state index in [2.05, 4.69) is 69.4 Å². The Balaban J connectivity index is 4.40. The van der Waals surface area contributed by atoms with Gasteiger partial charge in [-0.05, 0) is 77.0 Å². The van der Waals surface area contributed by atoms with E-state index in [1.54, 1.807) is 0 Å². The molecule has 0 aliphatic heterocycles. The van der Waals surface area contributed by atoms with Crippen LogP contribution in [0.15, 0.2) is 48.6 Å². The lowest BCUT2D eigenvalue weighted by molar-refractivity contribution is -0.167. The molecule has 324 valence electrons. The maximum absolute atomic E-state index is 12.7. The van der Waals surface area contributed by atoms with Gasteiger partial charge < -0.3 is 14.2 Å². The van der Waals surface area contributed by atoms with Crippen LogP contribution in [0.5, 0.6) is 0 Å². The monoisotopic (exact) mass is 785 g/mol. The van der Waals surface area contributed by atoms with Gasteiger partial charge >= 0.3 is 17.9 Å². The number of esters is 3. The van der Waals surface area contributed by atoms with Crippen LogP contribution < -0.4 is 0 Å². The van der Waals surface area contributed by atoms with Crippen molar-refractivity contribution in [3.63, 3.8) is 0 Å². The van der Waals surface area contributed by atoms with Crippen LogP contribution in [0.3, 0.4) is 0 Å². The summed E-state index contributed by atoms with van der Waals surface area (Å²) in [4.78, 5) is 37.7. The molecule has 0 heterocycles. The van der Waals surface area contributed by atoms with E-state index >= 15 is 0 Å². The minimum Gasteiger partial charge on any atom is -0.462 e. The van der Waals surface area contributed by atoms with Crippen molar-refractivity contribution in [1.82, 2.24) is 0 Å². The smallest absolute Gasteiger partial charge is 0.306 e. The summed E-state index contributed by atoms with van der Waals surface area (Å²) in [6.07, 6.45) is 52.4. The minimum absolute atomic E-state index is 0.0882. The lowest BCUT2D eigenvalue weighted by Crippen LogP contribution is -2.30. The van der Waals surface area contributed by atoms with E-state index in [0.29, 0.717) is 19.3 Å². The summed E-state index contributed by atoms with van der Waals surface area (Å²) in [5.41, 5.74) is 0. The van der Waals surface area contributed by atoms with Gasteiger partial charge in [0.25, 0.3) is 0 Å². The van der Waals surface area contributed by atoms with E-state index in [4.69, 9.17) is 14.2 Å². The molecule has 1 atom stereocenters. The number of allylic oxidation sites excluding steroid dienone is 8. The van der Waals surface area contributed by atoms with Gasteiger partial charge in [-0.25, -0.2) is 0 Å². The summed E-state index contributed by atoms with van der Waals surface area (Å²) >= 11 is 0. The third-order valence-electron chi connectivity index (χ3n) is 10.1. The molecule has 0 radical (unpaired) electrons. The number of hydrogen-bond acceptors (Lipinski definition) is 6. The molecule has 0 rings (SSSR count). The Kier molecular flexibility index (Phi) is 43.0. The molecule has 0 aromatic rings. The standard InChI is InChI=1S/C50H88O6/c1-4-7-10-13-16-19-22-24-25-26-29-31-34-37-40-43-49(52)55-46-47(45-54-48(51)42-39-36-33-30-27-21-18-15-12-9-6-3)56-50(53)44-41-38-35-32-28-23-20-17-14-11-8-5-2/h8,11,17,19-20,22,28,32,47H,4-7,9-10,12-16,18,21,23-27,29-31,33-46H2,1-3H3/b11-8-,20-17-,22-19-,32-28-. The number of unbranched alkanes of at least 4 members (excludes halogenated alkanes) is 23. The average Bonchev–Trinajstić information content (AvgIpc) is 3.19. The molecule has 0 spiro atoms. The van der Waals surface area contributed by atoms with Crippen molar-refractivity contribution in [2.45, 2.75) is 239 Å². The third-order valence-corrected chi connectivity index (χ3v) is 10.1. The summed E-state index contributed by atoms with van der Waals surface area (Å²) in [7, 11) is 0. The Hall–Kier alpha value is -2.63. The summed E-state index contributed by atoms with van der Waals surface area (Å²) in [5, 5.41) is 0. The Morgan fingerprint density at radius 2 is 0.696 bits per heavy atom. The molecule has 6 heteroatoms. The highest BCUT2D eigenvalue weighted by molar-refractivity contribution is 5.71. The molecule has 56 heavy (non-hydrogen) atoms. The number of ether oxygens (including phenoxy) is 3. The average molecular weight is 785 g/mol. The summed E-state index contributed by atoms with van der Waals surface area (Å²) in [6, 6.07) is 0. The summed E-state index contributed by atoms with van der Waals surface area (Å²) in [6.45, 7) is 6.46. The van der Waals surface area contributed by atoms with Crippen molar-refractivity contribution in [1.29, 1.82) is 0 Å². The highest BCUT2D eigenvalue weighted by Gasteiger charge is 2.19. The van der Waals surface area contributed by atoms with Crippen molar-refractivity contribution >= 4 is 17.9 Å². The fourth-order valence-corrected chi connectivity index (χ4v) is 6.51. The predicted octanol–water partition coefficient (Wildman–Crippen LogP) is 15.1. The molecule has 0 aliphatic rings. The first-order valence-corrected chi connectivity index (χ1v) is 23.6. The number of rotatable bonds is 42. The van der Waals surface area contributed by atoms with Gasteiger partial charge in [-0.15, -0.1) is 0 Å². The van der Waals surface area contributed by atoms with E-state index in [0.717, 1.165) is 70.6 Å². The molecule has 0 N–H and O–H groups in total. The molecule has 0 aromatic heterocycles. The van der Waals surface area contributed by atoms with Crippen molar-refractivity contribution < 1.29 is 28.6 Å². The maximum Gasteiger partial charge on any atom is 0.306 e. The normalized spacial score (nSPS) is 12.4. The Labute approximate surface area is 346 Å². The van der Waals surface area contributed by atoms with Crippen molar-refractivity contribution in [2.75, 3.05) is 13.2 Å². The van der Waals surface area contributed by atoms with Crippen LogP contribution in [0, 0.1) is 0 Å². The predicted molar refractivity (Wildman–Crippen MR) is 238 cm³/mol. The molecule has 6 nitrogen and oxygen atoms in total. The van der Waals surface area contributed by atoms with Crippen LogP contribution in [0.2, 0.25) is 0 Å². The molecule has 0 amide bonds. The fraction of sp³-hybridized carbons (Fsp3) is 0.780. The van der Waals surface area contributed by atoms with Gasteiger partial charge in [0, 0.05) is 19.3 Å². The number of hydrogen-bond donors (Lipinski definition) is 0. The van der Waals surface area contributed by atoms with Crippen LogP contribution in [-0.2, 0) is 28.6 Å². The van der Waals surface area contributed by atoms with Crippen LogP contribution in [-0.4, -0.2) is 37.2 Å². The third kappa shape index (κ3) is 42.5. The lowest BCUT2D eigenvalue weighted by Gasteiger charge is -2.18. The summed E-state index contributed by atoms with van der Waals surface area (Å²) < 4.78 is 16.7. The molecule has 0 aromatic carbocycles. The highest BCUT2D eigenvalue weighted by Crippen LogP contribution is 2.14. The van der Waals surface area contributed by atoms with Gasteiger partial charge in [0.2, 0.25) is 0 Å². The second kappa shape index (κ2) is 45.1. The first kappa shape index (κ1) is 53.4. The van der Waals surface area contributed by atoms with Crippen molar-refractivity contribution in [3.05, 3.63) is 48.6 Å². The second-order valence-electron chi connectivity index (χ2n) is 15.6. The van der Waals surface area contributed by atoms with Crippen LogP contribution in [0.25, 0.3) is 0 Å². The van der Waals surface area contributed by atoms with Crippen LogP contribution in [0.4, 0.5) is 0 Å². The minimum atomic E-state index is -0.789. The van der Waals surface area contributed by atoms with E-state index in [1.165, 1.54) is 116 Å². The van der Waals surface area contributed by atoms with Gasteiger partial charge in [-0.3, -0.25) is 14.4 Å². The Morgan fingerprint density at radius 1 is 0.375 bits per heavy atom. The molecule has 1 unspecified atom stereocenters. The van der Waals surface area contributed by atoms with Gasteiger partial charge in [0.05, 0.1) is 0 Å². The number of carbonyl (C=O) groups excluding carboxylic acids is 3. The zero-order valence-corrected chi connectivity index (χ0v) is 36.9. The Morgan fingerprint density at radius 3 is 1.16 bits per heavy atom. The van der Waals surface area contributed by atoms with Gasteiger partial charge in [-0.1, -0.05) is 185 Å².